The van der Waals surface area contributed by atoms with Gasteiger partial charge >= 0.3 is 0 Å². The quantitative estimate of drug-likeness (QED) is 0.281. The van der Waals surface area contributed by atoms with Crippen LogP contribution in [0.2, 0.25) is 0 Å². The minimum absolute atomic E-state index is 0.0825. The lowest BCUT2D eigenvalue weighted by Crippen LogP contribution is -2.38. The van der Waals surface area contributed by atoms with E-state index in [4.69, 9.17) is 9.47 Å². The van der Waals surface area contributed by atoms with E-state index in [0.717, 1.165) is 18.0 Å². The maximum atomic E-state index is 11.9. The number of carbonyl (C=O) groups excluding carboxylic acids is 3. The molecule has 0 heterocycles. The van der Waals surface area contributed by atoms with Gasteiger partial charge in [0.2, 0.25) is 18.2 Å². The van der Waals surface area contributed by atoms with Gasteiger partial charge in [-0.3, -0.25) is 19.3 Å². The highest BCUT2D eigenvalue weighted by molar-refractivity contribution is 7.99. The highest BCUT2D eigenvalue weighted by atomic mass is 32.2. The largest absolute Gasteiger partial charge is 0.378 e. The summed E-state index contributed by atoms with van der Waals surface area (Å²) >= 11 is 1.36. The van der Waals surface area contributed by atoms with Gasteiger partial charge in [-0.2, -0.15) is 11.8 Å². The highest BCUT2D eigenvalue weighted by Crippen LogP contribution is 2.08. The third-order valence-corrected chi connectivity index (χ3v) is 4.21. The van der Waals surface area contributed by atoms with Gasteiger partial charge in [0.1, 0.15) is 0 Å². The number of thioether (sulfide) groups is 1. The van der Waals surface area contributed by atoms with Crippen molar-refractivity contribution in [1.82, 2.24) is 15.5 Å². The Hall–Kier alpha value is -1.16. The van der Waals surface area contributed by atoms with Crippen LogP contribution in [0.5, 0.6) is 0 Å². The van der Waals surface area contributed by atoms with E-state index >= 15 is 0 Å². The third-order valence-electron chi connectivity index (χ3n) is 3.31. The molecule has 8 nitrogen and oxygen atoms in total. The fourth-order valence-electron chi connectivity index (χ4n) is 1.77. The molecule has 0 bridgehead atoms. The molecule has 3 amide bonds. The first kappa shape index (κ1) is 32.5. The Morgan fingerprint density at radius 3 is 2.07 bits per heavy atom. The zero-order chi connectivity index (χ0) is 22.9. The van der Waals surface area contributed by atoms with Crippen molar-refractivity contribution in [3.8, 4) is 0 Å². The summed E-state index contributed by atoms with van der Waals surface area (Å²) in [5.74, 6) is -0.505. The molecule has 9 heteroatoms. The first-order chi connectivity index (χ1) is 14.1. The molecule has 0 aromatic carbocycles. The molecular weight excluding hydrogens is 394 g/mol. The van der Waals surface area contributed by atoms with Crippen molar-refractivity contribution < 1.29 is 23.9 Å². The van der Waals surface area contributed by atoms with Crippen molar-refractivity contribution in [2.24, 2.45) is 0 Å². The lowest BCUT2D eigenvalue weighted by molar-refractivity contribution is -0.137. The Balaban J connectivity index is -0.00000158. The van der Waals surface area contributed by atoms with Crippen LogP contribution in [0.3, 0.4) is 0 Å². The van der Waals surface area contributed by atoms with Crippen LogP contribution in [-0.2, 0) is 23.9 Å². The molecular formula is C20H43N3O5S. The molecule has 174 valence electrons. The summed E-state index contributed by atoms with van der Waals surface area (Å²) in [4.78, 5) is 35.6. The number of hydrogen-bond acceptors (Lipinski definition) is 7. The number of rotatable bonds is 16. The second kappa shape index (κ2) is 26.8. The van der Waals surface area contributed by atoms with Crippen LogP contribution < -0.4 is 10.6 Å². The minimum Gasteiger partial charge on any atom is -0.378 e. The van der Waals surface area contributed by atoms with Crippen LogP contribution in [0.25, 0.3) is 0 Å². The summed E-state index contributed by atoms with van der Waals surface area (Å²) in [6.07, 6.45) is 2.35. The summed E-state index contributed by atoms with van der Waals surface area (Å²) in [6.45, 7) is 16.0. The van der Waals surface area contributed by atoms with Crippen LogP contribution in [0.4, 0.5) is 0 Å². The summed E-state index contributed by atoms with van der Waals surface area (Å²) in [7, 11) is 0. The topological polar surface area (TPSA) is 97.0 Å². The molecule has 0 rings (SSSR count). The normalized spacial score (nSPS) is 10.6. The molecule has 0 spiro atoms. The number of nitrogens with zero attached hydrogens (tertiary/aromatic N) is 1. The zero-order valence-electron chi connectivity index (χ0n) is 19.4. The molecule has 1 unspecified atom stereocenters. The maximum absolute atomic E-state index is 11.9. The molecule has 0 aliphatic heterocycles. The van der Waals surface area contributed by atoms with Crippen molar-refractivity contribution in [3.63, 3.8) is 0 Å². The van der Waals surface area contributed by atoms with E-state index in [1.807, 2.05) is 34.6 Å². The third kappa shape index (κ3) is 21.4. The van der Waals surface area contributed by atoms with Gasteiger partial charge in [0, 0.05) is 26.1 Å². The summed E-state index contributed by atoms with van der Waals surface area (Å²) in [5.41, 5.74) is 0. The Morgan fingerprint density at radius 2 is 1.59 bits per heavy atom. The number of ether oxygens (including phenoxy) is 2. The number of amides is 3. The van der Waals surface area contributed by atoms with E-state index in [2.05, 4.69) is 10.6 Å². The number of hydrogen-bond donors (Lipinski definition) is 2. The van der Waals surface area contributed by atoms with Gasteiger partial charge in [0.25, 0.3) is 0 Å². The van der Waals surface area contributed by atoms with Gasteiger partial charge in [-0.1, -0.05) is 34.6 Å². The predicted molar refractivity (Wildman–Crippen MR) is 121 cm³/mol. The summed E-state index contributed by atoms with van der Waals surface area (Å²) < 4.78 is 10.7. The molecule has 0 aromatic rings. The second-order valence-corrected chi connectivity index (χ2v) is 6.37. The fraction of sp³-hybridized carbons (Fsp3) is 0.850. The Morgan fingerprint density at radius 1 is 1.03 bits per heavy atom. The molecule has 0 aromatic heterocycles. The number of likely N-dealkylation sites (N-methyl/N-ethyl adjacent to an activating group) is 1. The standard InChI is InChI=1S/C16H31N3O5S.2C2H6/c1-4-17-6-9-23-11-12-24-10-7-18-15(21)5-8-19(13-20)16(22)14(2)25-3;2*1-2/h13-14,17H,4-12H2,1-3H3,(H,18,21);2*1-2H3. The molecule has 2 N–H and O–H groups in total. The molecule has 29 heavy (non-hydrogen) atoms. The first-order valence-electron chi connectivity index (χ1n) is 10.5. The Labute approximate surface area is 181 Å². The number of nitrogens with one attached hydrogen (secondary N) is 2. The average Bonchev–Trinajstić information content (AvgIpc) is 2.77. The van der Waals surface area contributed by atoms with Gasteiger partial charge in [0.05, 0.1) is 31.7 Å². The van der Waals surface area contributed by atoms with E-state index in [0.29, 0.717) is 39.4 Å². The van der Waals surface area contributed by atoms with E-state index in [1.54, 1.807) is 13.2 Å². The van der Waals surface area contributed by atoms with E-state index < -0.39 is 0 Å². The van der Waals surface area contributed by atoms with Gasteiger partial charge in [0.15, 0.2) is 0 Å². The van der Waals surface area contributed by atoms with E-state index in [-0.39, 0.29) is 30.0 Å². The Bertz CT molecular complexity index is 387. The highest BCUT2D eigenvalue weighted by Gasteiger charge is 2.19. The van der Waals surface area contributed by atoms with Crippen molar-refractivity contribution >= 4 is 30.0 Å². The zero-order valence-corrected chi connectivity index (χ0v) is 20.2. The average molecular weight is 438 g/mol. The molecule has 1 atom stereocenters. The van der Waals surface area contributed by atoms with Gasteiger partial charge in [-0.25, -0.2) is 0 Å². The SMILES string of the molecule is CC.CC.CCNCCOCCOCCNC(=O)CCN(C=O)C(=O)C(C)SC. The molecule has 0 aliphatic rings. The van der Waals surface area contributed by atoms with E-state index in [1.165, 1.54) is 11.8 Å². The summed E-state index contributed by atoms with van der Waals surface area (Å²) in [5, 5.41) is 5.54. The number of imide groups is 1. The van der Waals surface area contributed by atoms with E-state index in [9.17, 15) is 14.4 Å². The van der Waals surface area contributed by atoms with Crippen LogP contribution >= 0.6 is 11.8 Å². The Kier molecular flexibility index (Phi) is 30.1. The summed E-state index contributed by atoms with van der Waals surface area (Å²) in [6, 6.07) is 0. The van der Waals surface area contributed by atoms with Crippen molar-refractivity contribution in [3.05, 3.63) is 0 Å². The first-order valence-corrected chi connectivity index (χ1v) is 11.8. The lowest BCUT2D eigenvalue weighted by Gasteiger charge is -2.18. The van der Waals surface area contributed by atoms with Crippen LogP contribution in [0.15, 0.2) is 0 Å². The monoisotopic (exact) mass is 437 g/mol. The van der Waals surface area contributed by atoms with Gasteiger partial charge in [-0.15, -0.1) is 0 Å². The van der Waals surface area contributed by atoms with Crippen LogP contribution in [-0.4, -0.2) is 87.2 Å². The number of carbonyl (C=O) groups is 3. The molecule has 0 radical (unpaired) electrons. The van der Waals surface area contributed by atoms with Crippen molar-refractivity contribution in [2.75, 3.05) is 58.9 Å². The van der Waals surface area contributed by atoms with Gasteiger partial charge < -0.3 is 20.1 Å². The molecule has 0 saturated heterocycles. The van der Waals surface area contributed by atoms with Crippen LogP contribution in [0.1, 0.15) is 48.0 Å². The lowest BCUT2D eigenvalue weighted by atomic mass is 10.3. The molecule has 0 fully saturated rings. The molecule has 0 aliphatic carbocycles. The minimum atomic E-state index is -0.304. The molecule has 0 saturated carbocycles. The van der Waals surface area contributed by atoms with Crippen LogP contribution in [0, 0.1) is 0 Å². The maximum Gasteiger partial charge on any atom is 0.241 e. The van der Waals surface area contributed by atoms with Gasteiger partial charge in [-0.05, 0) is 19.7 Å². The predicted octanol–water partition coefficient (Wildman–Crippen LogP) is 1.92. The second-order valence-electron chi connectivity index (χ2n) is 5.19. The van der Waals surface area contributed by atoms with Crippen molar-refractivity contribution in [1.29, 1.82) is 0 Å². The van der Waals surface area contributed by atoms with Crippen molar-refractivity contribution in [2.45, 2.75) is 53.2 Å². The fourth-order valence-corrected chi connectivity index (χ4v) is 2.10. The smallest absolute Gasteiger partial charge is 0.241 e.